The van der Waals surface area contributed by atoms with E-state index in [1.807, 2.05) is 4.90 Å². The molecule has 3 nitrogen and oxygen atoms in total. The number of likely N-dealkylation sites (tertiary alicyclic amines) is 1. The van der Waals surface area contributed by atoms with Crippen LogP contribution in [0.5, 0.6) is 0 Å². The van der Waals surface area contributed by atoms with Crippen molar-refractivity contribution in [3.8, 4) is 0 Å². The maximum atomic E-state index is 13.0. The van der Waals surface area contributed by atoms with Gasteiger partial charge in [-0.05, 0) is 37.1 Å². The molecule has 0 unspecified atom stereocenters. The van der Waals surface area contributed by atoms with E-state index in [0.29, 0.717) is 18.5 Å². The molecule has 0 spiro atoms. The molecule has 2 rings (SSSR count). The Morgan fingerprint density at radius 3 is 2.59 bits per heavy atom. The molecule has 5 heteroatoms. The lowest BCUT2D eigenvalue weighted by molar-refractivity contribution is -0.122. The molecule has 0 aromatic heterocycles. The standard InChI is InChI=1S/C12H14F2N2O/c13-9-4-8(5-10(14)6-9)7-16-3-1-2-11(16)12(15)17/h4-6,11H,1-3,7H2,(H2,15,17)/t11-/m1/s1. The monoisotopic (exact) mass is 240 g/mol. The summed E-state index contributed by atoms with van der Waals surface area (Å²) in [5.74, 6) is -1.58. The highest BCUT2D eigenvalue weighted by molar-refractivity contribution is 5.80. The van der Waals surface area contributed by atoms with Crippen LogP contribution < -0.4 is 5.73 Å². The molecule has 0 saturated carbocycles. The van der Waals surface area contributed by atoms with Crippen molar-refractivity contribution in [2.75, 3.05) is 6.54 Å². The van der Waals surface area contributed by atoms with Crippen LogP contribution in [0.4, 0.5) is 8.78 Å². The lowest BCUT2D eigenvalue weighted by Gasteiger charge is -2.21. The fraction of sp³-hybridized carbons (Fsp3) is 0.417. The summed E-state index contributed by atoms with van der Waals surface area (Å²) in [6, 6.07) is 3.07. The van der Waals surface area contributed by atoms with Crippen LogP contribution in [0.15, 0.2) is 18.2 Å². The van der Waals surface area contributed by atoms with Crippen molar-refractivity contribution in [2.24, 2.45) is 5.73 Å². The lowest BCUT2D eigenvalue weighted by Crippen LogP contribution is -2.39. The summed E-state index contributed by atoms with van der Waals surface area (Å²) in [5.41, 5.74) is 5.80. The molecular formula is C12H14F2N2O. The molecule has 1 saturated heterocycles. The molecule has 1 atom stereocenters. The van der Waals surface area contributed by atoms with Crippen LogP contribution in [-0.2, 0) is 11.3 Å². The first-order valence-electron chi connectivity index (χ1n) is 5.54. The summed E-state index contributed by atoms with van der Waals surface area (Å²) in [6.07, 6.45) is 1.60. The summed E-state index contributed by atoms with van der Waals surface area (Å²) in [5, 5.41) is 0. The number of nitrogens with two attached hydrogens (primary N) is 1. The van der Waals surface area contributed by atoms with Gasteiger partial charge in [0.25, 0.3) is 0 Å². The highest BCUT2D eigenvalue weighted by atomic mass is 19.1. The summed E-state index contributed by atoms with van der Waals surface area (Å²) in [7, 11) is 0. The van der Waals surface area contributed by atoms with E-state index in [-0.39, 0.29) is 11.9 Å². The number of hydrogen-bond acceptors (Lipinski definition) is 2. The normalized spacial score (nSPS) is 20.7. The first-order valence-corrected chi connectivity index (χ1v) is 5.54. The Labute approximate surface area is 98.2 Å². The van der Waals surface area contributed by atoms with Crippen LogP contribution in [-0.4, -0.2) is 23.4 Å². The van der Waals surface area contributed by atoms with E-state index >= 15 is 0 Å². The largest absolute Gasteiger partial charge is 0.368 e. The average Bonchev–Trinajstić information content (AvgIpc) is 2.63. The molecule has 1 aromatic rings. The van der Waals surface area contributed by atoms with Gasteiger partial charge < -0.3 is 5.73 Å². The quantitative estimate of drug-likeness (QED) is 0.868. The molecule has 1 aliphatic rings. The SMILES string of the molecule is NC(=O)[C@H]1CCCN1Cc1cc(F)cc(F)c1. The van der Waals surface area contributed by atoms with E-state index in [4.69, 9.17) is 5.73 Å². The Morgan fingerprint density at radius 1 is 1.35 bits per heavy atom. The summed E-state index contributed by atoms with van der Waals surface area (Å²) >= 11 is 0. The number of halogens is 2. The second kappa shape index (κ2) is 4.79. The maximum Gasteiger partial charge on any atom is 0.234 e. The number of rotatable bonds is 3. The van der Waals surface area contributed by atoms with Crippen LogP contribution in [0.1, 0.15) is 18.4 Å². The minimum absolute atomic E-state index is 0.318. The number of carbonyl (C=O) groups excluding carboxylic acids is 1. The molecule has 0 aliphatic carbocycles. The number of hydrogen-bond donors (Lipinski definition) is 1. The first-order chi connectivity index (χ1) is 8.06. The van der Waals surface area contributed by atoms with E-state index in [1.165, 1.54) is 12.1 Å². The molecular weight excluding hydrogens is 226 g/mol. The van der Waals surface area contributed by atoms with Gasteiger partial charge in [0.05, 0.1) is 6.04 Å². The van der Waals surface area contributed by atoms with Gasteiger partial charge >= 0.3 is 0 Å². The van der Waals surface area contributed by atoms with Crippen molar-refractivity contribution >= 4 is 5.91 Å². The summed E-state index contributed by atoms with van der Waals surface area (Å²) < 4.78 is 26.0. The molecule has 1 heterocycles. The molecule has 17 heavy (non-hydrogen) atoms. The van der Waals surface area contributed by atoms with Gasteiger partial charge in [0.1, 0.15) is 11.6 Å². The summed E-state index contributed by atoms with van der Waals surface area (Å²) in [4.78, 5) is 13.0. The maximum absolute atomic E-state index is 13.0. The Kier molecular flexibility index (Phi) is 3.38. The van der Waals surface area contributed by atoms with Gasteiger partial charge in [-0.2, -0.15) is 0 Å². The van der Waals surface area contributed by atoms with Crippen LogP contribution in [0.25, 0.3) is 0 Å². The lowest BCUT2D eigenvalue weighted by atomic mass is 10.1. The van der Waals surface area contributed by atoms with Gasteiger partial charge in [0, 0.05) is 12.6 Å². The first kappa shape index (κ1) is 12.0. The molecule has 0 radical (unpaired) electrons. The highest BCUT2D eigenvalue weighted by Gasteiger charge is 2.28. The minimum atomic E-state index is -0.602. The predicted octanol–water partition coefficient (Wildman–Crippen LogP) is 1.41. The fourth-order valence-corrected chi connectivity index (χ4v) is 2.27. The van der Waals surface area contributed by atoms with Crippen molar-refractivity contribution < 1.29 is 13.6 Å². The molecule has 1 aliphatic heterocycles. The third-order valence-corrected chi connectivity index (χ3v) is 3.00. The van der Waals surface area contributed by atoms with Crippen LogP contribution in [0, 0.1) is 11.6 Å². The Hall–Kier alpha value is -1.49. The zero-order valence-corrected chi connectivity index (χ0v) is 9.33. The minimum Gasteiger partial charge on any atom is -0.368 e. The Bertz CT molecular complexity index is 416. The van der Waals surface area contributed by atoms with E-state index in [9.17, 15) is 13.6 Å². The topological polar surface area (TPSA) is 46.3 Å². The number of benzene rings is 1. The van der Waals surface area contributed by atoms with E-state index in [1.54, 1.807) is 0 Å². The average molecular weight is 240 g/mol. The van der Waals surface area contributed by atoms with Crippen LogP contribution >= 0.6 is 0 Å². The smallest absolute Gasteiger partial charge is 0.234 e. The van der Waals surface area contributed by atoms with Crippen molar-refractivity contribution in [3.63, 3.8) is 0 Å². The summed E-state index contributed by atoms with van der Waals surface area (Å²) in [6.45, 7) is 1.08. The van der Waals surface area contributed by atoms with Crippen LogP contribution in [0.3, 0.4) is 0 Å². The van der Waals surface area contributed by atoms with Crippen molar-refractivity contribution in [3.05, 3.63) is 35.4 Å². The van der Waals surface area contributed by atoms with E-state index in [0.717, 1.165) is 19.0 Å². The molecule has 1 aromatic carbocycles. The Morgan fingerprint density at radius 2 is 2.00 bits per heavy atom. The Balaban J connectivity index is 2.12. The number of amides is 1. The number of carbonyl (C=O) groups is 1. The van der Waals surface area contributed by atoms with E-state index < -0.39 is 11.6 Å². The number of nitrogens with zero attached hydrogens (tertiary/aromatic N) is 1. The predicted molar refractivity (Wildman–Crippen MR) is 59.0 cm³/mol. The second-order valence-electron chi connectivity index (χ2n) is 4.31. The molecule has 1 amide bonds. The highest BCUT2D eigenvalue weighted by Crippen LogP contribution is 2.20. The fourth-order valence-electron chi connectivity index (χ4n) is 2.27. The van der Waals surface area contributed by atoms with Crippen molar-refractivity contribution in [1.29, 1.82) is 0 Å². The van der Waals surface area contributed by atoms with Crippen molar-refractivity contribution in [2.45, 2.75) is 25.4 Å². The third kappa shape index (κ3) is 2.79. The van der Waals surface area contributed by atoms with Crippen molar-refractivity contribution in [1.82, 2.24) is 4.90 Å². The molecule has 0 bridgehead atoms. The molecule has 92 valence electrons. The second-order valence-corrected chi connectivity index (χ2v) is 4.31. The van der Waals surface area contributed by atoms with Crippen LogP contribution in [0.2, 0.25) is 0 Å². The number of primary amides is 1. The third-order valence-electron chi connectivity index (χ3n) is 3.00. The molecule has 2 N–H and O–H groups in total. The van der Waals surface area contributed by atoms with E-state index in [2.05, 4.69) is 0 Å². The van der Waals surface area contributed by atoms with Gasteiger partial charge in [-0.3, -0.25) is 9.69 Å². The van der Waals surface area contributed by atoms with Gasteiger partial charge in [0.2, 0.25) is 5.91 Å². The van der Waals surface area contributed by atoms with Gasteiger partial charge in [0.15, 0.2) is 0 Å². The zero-order valence-electron chi connectivity index (χ0n) is 9.33. The van der Waals surface area contributed by atoms with Gasteiger partial charge in [-0.15, -0.1) is 0 Å². The molecule has 1 fully saturated rings. The zero-order chi connectivity index (χ0) is 12.4. The van der Waals surface area contributed by atoms with Gasteiger partial charge in [-0.25, -0.2) is 8.78 Å². The van der Waals surface area contributed by atoms with Gasteiger partial charge in [-0.1, -0.05) is 0 Å².